The molecule has 0 radical (unpaired) electrons. The number of methoxy groups -OCH3 is 1. The van der Waals surface area contributed by atoms with Crippen LogP contribution in [0.2, 0.25) is 0 Å². The fourth-order valence-corrected chi connectivity index (χ4v) is 3.33. The molecule has 0 aliphatic heterocycles. The van der Waals surface area contributed by atoms with Crippen molar-refractivity contribution in [2.75, 3.05) is 26.8 Å². The molecule has 1 N–H and O–H groups in total. The van der Waals surface area contributed by atoms with Crippen LogP contribution in [0.4, 0.5) is 0 Å². The molecule has 118 valence electrons. The van der Waals surface area contributed by atoms with E-state index in [2.05, 4.69) is 0 Å². The minimum Gasteiger partial charge on any atom is -0.497 e. The van der Waals surface area contributed by atoms with Gasteiger partial charge in [-0.3, -0.25) is 4.79 Å². The van der Waals surface area contributed by atoms with Crippen molar-refractivity contribution in [1.29, 1.82) is 0 Å². The van der Waals surface area contributed by atoms with Crippen LogP contribution < -0.4 is 4.74 Å². The Kier molecular flexibility index (Phi) is 5.57. The number of benzene rings is 1. The number of aryl methyl sites for hydroxylation is 1. The quantitative estimate of drug-likeness (QED) is 0.889. The molecule has 0 spiro atoms. The highest BCUT2D eigenvalue weighted by molar-refractivity contribution is 7.14. The molecule has 22 heavy (non-hydrogen) atoms. The lowest BCUT2D eigenvalue weighted by Gasteiger charge is -2.18. The fourth-order valence-electron chi connectivity index (χ4n) is 2.32. The van der Waals surface area contributed by atoms with Gasteiger partial charge in [0.1, 0.15) is 5.75 Å². The highest BCUT2D eigenvalue weighted by Crippen LogP contribution is 2.32. The molecule has 0 saturated carbocycles. The van der Waals surface area contributed by atoms with E-state index in [1.165, 1.54) is 11.3 Å². The van der Waals surface area contributed by atoms with Crippen LogP contribution in [0.25, 0.3) is 11.1 Å². The Labute approximate surface area is 135 Å². The number of ether oxygens (including phenoxy) is 1. The van der Waals surface area contributed by atoms with E-state index < -0.39 is 0 Å². The molecule has 2 rings (SSSR count). The molecule has 1 aromatic heterocycles. The van der Waals surface area contributed by atoms with Crippen LogP contribution in [0, 0.1) is 6.92 Å². The largest absolute Gasteiger partial charge is 0.497 e. The lowest BCUT2D eigenvalue weighted by Crippen LogP contribution is -2.32. The Balaban J connectivity index is 2.28. The van der Waals surface area contributed by atoms with Crippen LogP contribution in [0.15, 0.2) is 30.3 Å². The maximum absolute atomic E-state index is 12.5. The maximum Gasteiger partial charge on any atom is 0.264 e. The summed E-state index contributed by atoms with van der Waals surface area (Å²) in [6.45, 7) is 4.87. The normalized spacial score (nSPS) is 10.5. The zero-order valence-electron chi connectivity index (χ0n) is 13.1. The molecule has 1 heterocycles. The smallest absolute Gasteiger partial charge is 0.264 e. The summed E-state index contributed by atoms with van der Waals surface area (Å²) in [5.74, 6) is 0.789. The predicted octanol–water partition coefficient (Wildman–Crippen LogP) is 3.19. The van der Waals surface area contributed by atoms with E-state index in [1.54, 1.807) is 12.0 Å². The third-order valence-corrected chi connectivity index (χ3v) is 4.61. The van der Waals surface area contributed by atoms with Crippen molar-refractivity contribution in [1.82, 2.24) is 4.90 Å². The van der Waals surface area contributed by atoms with Gasteiger partial charge in [0, 0.05) is 18.0 Å². The van der Waals surface area contributed by atoms with Crippen LogP contribution >= 0.6 is 11.3 Å². The zero-order chi connectivity index (χ0) is 16.1. The van der Waals surface area contributed by atoms with Gasteiger partial charge in [0.2, 0.25) is 0 Å². The van der Waals surface area contributed by atoms with Crippen molar-refractivity contribution >= 4 is 17.2 Å². The zero-order valence-corrected chi connectivity index (χ0v) is 13.9. The van der Waals surface area contributed by atoms with Crippen LogP contribution in [-0.2, 0) is 0 Å². The summed E-state index contributed by atoms with van der Waals surface area (Å²) >= 11 is 1.49. The first-order chi connectivity index (χ1) is 10.6. The van der Waals surface area contributed by atoms with Gasteiger partial charge in [-0.15, -0.1) is 11.3 Å². The van der Waals surface area contributed by atoms with Crippen LogP contribution in [0.1, 0.15) is 21.5 Å². The number of carbonyl (C=O) groups excluding carboxylic acids is 1. The van der Waals surface area contributed by atoms with E-state index in [9.17, 15) is 4.79 Å². The highest BCUT2D eigenvalue weighted by Gasteiger charge is 2.18. The van der Waals surface area contributed by atoms with Crippen molar-refractivity contribution in [2.45, 2.75) is 13.8 Å². The third kappa shape index (κ3) is 3.48. The molecule has 0 fully saturated rings. The van der Waals surface area contributed by atoms with Gasteiger partial charge in [-0.2, -0.15) is 0 Å². The fraction of sp³-hybridized carbons (Fsp3) is 0.353. The van der Waals surface area contributed by atoms with Crippen LogP contribution in [-0.4, -0.2) is 42.7 Å². The SMILES string of the molecule is CCN(CCO)C(=O)c1cc(-c2ccc(OC)cc2)c(C)s1. The standard InChI is InChI=1S/C17H21NO3S/c1-4-18(9-10-19)17(20)16-11-15(12(2)22-16)13-5-7-14(21-3)8-6-13/h5-8,11,19H,4,9-10H2,1-3H3. The molecule has 2 aromatic rings. The van der Waals surface area contributed by atoms with Crippen LogP contribution in [0.5, 0.6) is 5.75 Å². The van der Waals surface area contributed by atoms with E-state index in [4.69, 9.17) is 9.84 Å². The average Bonchev–Trinajstić information content (AvgIpc) is 2.94. The Hall–Kier alpha value is -1.85. The molecular formula is C17H21NO3S. The number of aliphatic hydroxyl groups is 1. The number of rotatable bonds is 6. The van der Waals surface area contributed by atoms with Crippen molar-refractivity contribution in [3.05, 3.63) is 40.1 Å². The number of hydrogen-bond acceptors (Lipinski definition) is 4. The Bertz CT molecular complexity index is 634. The van der Waals surface area contributed by atoms with Crippen LogP contribution in [0.3, 0.4) is 0 Å². The van der Waals surface area contributed by atoms with Gasteiger partial charge in [0.15, 0.2) is 0 Å². The van der Waals surface area contributed by atoms with Gasteiger partial charge in [0.25, 0.3) is 5.91 Å². The van der Waals surface area contributed by atoms with Crippen molar-refractivity contribution in [3.8, 4) is 16.9 Å². The third-order valence-electron chi connectivity index (χ3n) is 3.57. The number of thiophene rings is 1. The van der Waals surface area contributed by atoms with E-state index in [-0.39, 0.29) is 12.5 Å². The summed E-state index contributed by atoms with van der Waals surface area (Å²) in [5.41, 5.74) is 2.13. The first-order valence-corrected chi connectivity index (χ1v) is 8.07. The van der Waals surface area contributed by atoms with Gasteiger partial charge in [-0.1, -0.05) is 12.1 Å². The molecule has 1 amide bonds. The highest BCUT2D eigenvalue weighted by atomic mass is 32.1. The van der Waals surface area contributed by atoms with Gasteiger partial charge >= 0.3 is 0 Å². The van der Waals surface area contributed by atoms with Crippen molar-refractivity contribution < 1.29 is 14.6 Å². The first kappa shape index (κ1) is 16.5. The van der Waals surface area contributed by atoms with E-state index in [0.717, 1.165) is 21.8 Å². The number of nitrogens with zero attached hydrogens (tertiary/aromatic N) is 1. The van der Waals surface area contributed by atoms with Gasteiger partial charge < -0.3 is 14.7 Å². The summed E-state index contributed by atoms with van der Waals surface area (Å²) in [7, 11) is 1.64. The molecule has 4 nitrogen and oxygen atoms in total. The molecule has 5 heteroatoms. The van der Waals surface area contributed by atoms with E-state index >= 15 is 0 Å². The first-order valence-electron chi connectivity index (χ1n) is 7.25. The number of amides is 1. The Morgan fingerprint density at radius 3 is 2.55 bits per heavy atom. The number of hydrogen-bond donors (Lipinski definition) is 1. The summed E-state index contributed by atoms with van der Waals surface area (Å²) in [6.07, 6.45) is 0. The van der Waals surface area contributed by atoms with Gasteiger partial charge in [-0.25, -0.2) is 0 Å². The number of likely N-dealkylation sites (N-methyl/N-ethyl adjacent to an activating group) is 1. The molecule has 0 saturated heterocycles. The molecule has 1 aromatic carbocycles. The van der Waals surface area contributed by atoms with Gasteiger partial charge in [-0.05, 0) is 43.2 Å². The number of aliphatic hydroxyl groups excluding tert-OH is 1. The van der Waals surface area contributed by atoms with Crippen molar-refractivity contribution in [2.24, 2.45) is 0 Å². The molecule has 0 aliphatic rings. The maximum atomic E-state index is 12.5. The van der Waals surface area contributed by atoms with E-state index in [1.807, 2.05) is 44.2 Å². The topological polar surface area (TPSA) is 49.8 Å². The van der Waals surface area contributed by atoms with E-state index in [0.29, 0.717) is 18.0 Å². The lowest BCUT2D eigenvalue weighted by molar-refractivity contribution is 0.0737. The molecule has 0 unspecified atom stereocenters. The summed E-state index contributed by atoms with van der Waals surface area (Å²) < 4.78 is 5.17. The second kappa shape index (κ2) is 7.42. The second-order valence-electron chi connectivity index (χ2n) is 4.92. The van der Waals surface area contributed by atoms with Crippen molar-refractivity contribution in [3.63, 3.8) is 0 Å². The van der Waals surface area contributed by atoms with Gasteiger partial charge in [0.05, 0.1) is 18.6 Å². The summed E-state index contributed by atoms with van der Waals surface area (Å²) in [6, 6.07) is 9.75. The number of carbonyl (C=O) groups is 1. The summed E-state index contributed by atoms with van der Waals surface area (Å²) in [4.78, 5) is 15.9. The minimum absolute atomic E-state index is 0.0186. The Morgan fingerprint density at radius 1 is 1.32 bits per heavy atom. The summed E-state index contributed by atoms with van der Waals surface area (Å²) in [5, 5.41) is 9.05. The predicted molar refractivity (Wildman–Crippen MR) is 89.7 cm³/mol. The minimum atomic E-state index is -0.0237. The second-order valence-corrected chi connectivity index (χ2v) is 6.17. The molecule has 0 atom stereocenters. The Morgan fingerprint density at radius 2 is 2.00 bits per heavy atom. The average molecular weight is 319 g/mol. The lowest BCUT2D eigenvalue weighted by atomic mass is 10.1. The molecule has 0 aliphatic carbocycles. The molecule has 0 bridgehead atoms. The monoisotopic (exact) mass is 319 g/mol. The molecular weight excluding hydrogens is 298 g/mol.